The van der Waals surface area contributed by atoms with Gasteiger partial charge < -0.3 is 10.1 Å². The molecule has 7 heteroatoms. The summed E-state index contributed by atoms with van der Waals surface area (Å²) >= 11 is 5.75. The fourth-order valence-electron chi connectivity index (χ4n) is 2.19. The lowest BCUT2D eigenvalue weighted by atomic mass is 10.1. The van der Waals surface area contributed by atoms with E-state index in [-0.39, 0.29) is 6.61 Å². The zero-order valence-corrected chi connectivity index (χ0v) is 13.1. The van der Waals surface area contributed by atoms with Crippen LogP contribution in [-0.4, -0.2) is 43.2 Å². The molecule has 0 aliphatic carbocycles. The lowest BCUT2D eigenvalue weighted by molar-refractivity contribution is -0.122. The molecule has 2 rings (SSSR count). The fourth-order valence-corrected chi connectivity index (χ4v) is 2.31. The Kier molecular flexibility index (Phi) is 6.48. The van der Waals surface area contributed by atoms with Gasteiger partial charge in [-0.1, -0.05) is 18.0 Å². The van der Waals surface area contributed by atoms with Gasteiger partial charge in [0.25, 0.3) is 5.91 Å². The molecule has 0 saturated carbocycles. The highest BCUT2D eigenvalue weighted by atomic mass is 35.5. The van der Waals surface area contributed by atoms with Crippen LogP contribution in [-0.2, 0) is 4.79 Å². The average Bonchev–Trinajstić information content (AvgIpc) is 2.53. The summed E-state index contributed by atoms with van der Waals surface area (Å²) in [6, 6.07) is 6.15. The van der Waals surface area contributed by atoms with Gasteiger partial charge >= 0.3 is 6.03 Å². The van der Waals surface area contributed by atoms with E-state index in [2.05, 4.69) is 15.5 Å². The molecule has 6 nitrogen and oxygen atoms in total. The molecule has 0 aromatic heterocycles. The SMILES string of the molecule is O=C(COc1ccc(Cl)cc1)NC(=O)NCN1CCCCC1. The van der Waals surface area contributed by atoms with Gasteiger partial charge in [-0.3, -0.25) is 15.0 Å². The third-order valence-electron chi connectivity index (χ3n) is 3.35. The number of likely N-dealkylation sites (tertiary alicyclic amines) is 1. The zero-order chi connectivity index (χ0) is 15.8. The van der Waals surface area contributed by atoms with Crippen molar-refractivity contribution in [3.05, 3.63) is 29.3 Å². The largest absolute Gasteiger partial charge is 0.484 e. The summed E-state index contributed by atoms with van der Waals surface area (Å²) < 4.78 is 5.26. The summed E-state index contributed by atoms with van der Waals surface area (Å²) in [5, 5.41) is 5.50. The first-order chi connectivity index (χ1) is 10.6. The molecule has 22 heavy (non-hydrogen) atoms. The summed E-state index contributed by atoms with van der Waals surface area (Å²) in [7, 11) is 0. The Morgan fingerprint density at radius 1 is 1.14 bits per heavy atom. The van der Waals surface area contributed by atoms with Crippen molar-refractivity contribution in [2.24, 2.45) is 0 Å². The van der Waals surface area contributed by atoms with E-state index >= 15 is 0 Å². The first-order valence-electron chi connectivity index (χ1n) is 7.32. The first kappa shape index (κ1) is 16.6. The van der Waals surface area contributed by atoms with Gasteiger partial charge in [0.1, 0.15) is 5.75 Å². The van der Waals surface area contributed by atoms with Crippen molar-refractivity contribution >= 4 is 23.5 Å². The highest BCUT2D eigenvalue weighted by molar-refractivity contribution is 6.30. The van der Waals surface area contributed by atoms with Crippen LogP contribution in [0.2, 0.25) is 5.02 Å². The number of carbonyl (C=O) groups is 2. The van der Waals surface area contributed by atoms with Crippen molar-refractivity contribution in [2.45, 2.75) is 19.3 Å². The molecule has 0 spiro atoms. The Bertz CT molecular complexity index is 501. The highest BCUT2D eigenvalue weighted by Gasteiger charge is 2.12. The summed E-state index contributed by atoms with van der Waals surface area (Å²) in [5.74, 6) is 0.0272. The summed E-state index contributed by atoms with van der Waals surface area (Å²) in [6.07, 6.45) is 3.54. The number of hydrogen-bond acceptors (Lipinski definition) is 4. The van der Waals surface area contributed by atoms with E-state index in [1.807, 2.05) is 0 Å². The van der Waals surface area contributed by atoms with Gasteiger partial charge in [0.05, 0.1) is 6.67 Å². The van der Waals surface area contributed by atoms with E-state index in [4.69, 9.17) is 16.3 Å². The molecule has 1 saturated heterocycles. The molecule has 120 valence electrons. The Hall–Kier alpha value is -1.79. The maximum Gasteiger partial charge on any atom is 0.322 e. The lowest BCUT2D eigenvalue weighted by Gasteiger charge is -2.26. The molecular formula is C15H20ClN3O3. The number of halogens is 1. The van der Waals surface area contributed by atoms with Crippen LogP contribution in [0.25, 0.3) is 0 Å². The number of hydrogen-bond donors (Lipinski definition) is 2. The highest BCUT2D eigenvalue weighted by Crippen LogP contribution is 2.15. The molecule has 1 aliphatic heterocycles. The number of rotatable bonds is 5. The van der Waals surface area contributed by atoms with E-state index in [1.54, 1.807) is 24.3 Å². The van der Waals surface area contributed by atoms with Crippen molar-refractivity contribution in [3.63, 3.8) is 0 Å². The molecule has 1 fully saturated rings. The van der Waals surface area contributed by atoms with Gasteiger partial charge in [-0.2, -0.15) is 0 Å². The van der Waals surface area contributed by atoms with Crippen molar-refractivity contribution < 1.29 is 14.3 Å². The minimum Gasteiger partial charge on any atom is -0.484 e. The van der Waals surface area contributed by atoms with Crippen molar-refractivity contribution in [1.82, 2.24) is 15.5 Å². The number of benzene rings is 1. The number of amides is 3. The minimum atomic E-state index is -0.504. The van der Waals surface area contributed by atoms with Crippen LogP contribution >= 0.6 is 11.6 Å². The average molecular weight is 326 g/mol. The number of imide groups is 1. The first-order valence-corrected chi connectivity index (χ1v) is 7.70. The maximum absolute atomic E-state index is 11.6. The van der Waals surface area contributed by atoms with E-state index in [1.165, 1.54) is 6.42 Å². The molecule has 1 aliphatic rings. The van der Waals surface area contributed by atoms with E-state index in [0.717, 1.165) is 25.9 Å². The molecule has 0 radical (unpaired) electrons. The van der Waals surface area contributed by atoms with Crippen LogP contribution in [0.5, 0.6) is 5.75 Å². The van der Waals surface area contributed by atoms with Crippen LogP contribution in [0, 0.1) is 0 Å². The molecule has 0 unspecified atom stereocenters. The van der Waals surface area contributed by atoms with Gasteiger partial charge in [-0.15, -0.1) is 0 Å². The number of nitrogens with one attached hydrogen (secondary N) is 2. The predicted molar refractivity (Wildman–Crippen MR) is 83.9 cm³/mol. The van der Waals surface area contributed by atoms with Gasteiger partial charge in [0.2, 0.25) is 0 Å². The molecule has 3 amide bonds. The summed E-state index contributed by atoms with van der Waals surface area (Å²) in [5.41, 5.74) is 0. The molecule has 1 aromatic rings. The fraction of sp³-hybridized carbons (Fsp3) is 0.467. The Morgan fingerprint density at radius 2 is 1.82 bits per heavy atom. The number of ether oxygens (including phenoxy) is 1. The summed E-state index contributed by atoms with van der Waals surface area (Å²) in [6.45, 7) is 2.19. The second-order valence-corrected chi connectivity index (χ2v) is 5.57. The van der Waals surface area contributed by atoms with Crippen LogP contribution in [0.4, 0.5) is 4.79 Å². The quantitative estimate of drug-likeness (QED) is 0.868. The number of piperidine rings is 1. The number of carbonyl (C=O) groups excluding carboxylic acids is 2. The van der Waals surface area contributed by atoms with Crippen molar-refractivity contribution in [2.75, 3.05) is 26.4 Å². The van der Waals surface area contributed by atoms with Crippen LogP contribution in [0.3, 0.4) is 0 Å². The van der Waals surface area contributed by atoms with E-state index in [9.17, 15) is 9.59 Å². The monoisotopic (exact) mass is 325 g/mol. The molecule has 0 atom stereocenters. The normalized spacial score (nSPS) is 15.1. The molecule has 1 heterocycles. The third kappa shape index (κ3) is 5.91. The zero-order valence-electron chi connectivity index (χ0n) is 12.3. The smallest absolute Gasteiger partial charge is 0.322 e. The predicted octanol–water partition coefficient (Wildman–Crippen LogP) is 1.99. The molecule has 1 aromatic carbocycles. The van der Waals surface area contributed by atoms with E-state index in [0.29, 0.717) is 17.4 Å². The number of nitrogens with zero attached hydrogens (tertiary/aromatic N) is 1. The van der Waals surface area contributed by atoms with Crippen molar-refractivity contribution in [3.8, 4) is 5.75 Å². The topological polar surface area (TPSA) is 70.7 Å². The summed E-state index contributed by atoms with van der Waals surface area (Å²) in [4.78, 5) is 25.4. The maximum atomic E-state index is 11.6. The second kappa shape index (κ2) is 8.60. The van der Waals surface area contributed by atoms with Gasteiger partial charge in [0.15, 0.2) is 6.61 Å². The van der Waals surface area contributed by atoms with Gasteiger partial charge in [0, 0.05) is 5.02 Å². The van der Waals surface area contributed by atoms with Gasteiger partial charge in [-0.25, -0.2) is 4.79 Å². The molecular weight excluding hydrogens is 306 g/mol. The van der Waals surface area contributed by atoms with Crippen molar-refractivity contribution in [1.29, 1.82) is 0 Å². The van der Waals surface area contributed by atoms with Crippen LogP contribution in [0.1, 0.15) is 19.3 Å². The van der Waals surface area contributed by atoms with Crippen LogP contribution < -0.4 is 15.4 Å². The lowest BCUT2D eigenvalue weighted by Crippen LogP contribution is -2.47. The standard InChI is InChI=1S/C15H20ClN3O3/c16-12-4-6-13(7-5-12)22-10-14(20)18-15(21)17-11-19-8-2-1-3-9-19/h4-7H,1-3,8-11H2,(H2,17,18,20,21). The van der Waals surface area contributed by atoms with Crippen LogP contribution in [0.15, 0.2) is 24.3 Å². The Morgan fingerprint density at radius 3 is 2.50 bits per heavy atom. The third-order valence-corrected chi connectivity index (χ3v) is 3.60. The van der Waals surface area contributed by atoms with Gasteiger partial charge in [-0.05, 0) is 50.2 Å². The molecule has 0 bridgehead atoms. The Balaban J connectivity index is 1.63. The number of urea groups is 1. The van der Waals surface area contributed by atoms with E-state index < -0.39 is 11.9 Å². The molecule has 2 N–H and O–H groups in total. The second-order valence-electron chi connectivity index (χ2n) is 5.13. The minimum absolute atomic E-state index is 0.223. The Labute approximate surface area is 134 Å².